The van der Waals surface area contributed by atoms with Crippen LogP contribution < -0.4 is 4.74 Å². The maximum atomic E-state index is 13.4. The number of halogens is 1. The van der Waals surface area contributed by atoms with Gasteiger partial charge in [0.25, 0.3) is 0 Å². The molecule has 0 fully saturated rings. The van der Waals surface area contributed by atoms with Crippen molar-refractivity contribution in [2.45, 2.75) is 11.8 Å². The highest BCUT2D eigenvalue weighted by Crippen LogP contribution is 2.25. The highest BCUT2D eigenvalue weighted by Gasteiger charge is 2.14. The van der Waals surface area contributed by atoms with Gasteiger partial charge in [-0.15, -0.1) is 0 Å². The van der Waals surface area contributed by atoms with E-state index in [-0.39, 0.29) is 16.5 Å². The maximum Gasteiger partial charge on any atom is 0.220 e. The maximum absolute atomic E-state index is 13.4. The summed E-state index contributed by atoms with van der Waals surface area (Å²) in [5.41, 5.74) is 0.517. The van der Waals surface area contributed by atoms with E-state index in [0.29, 0.717) is 5.56 Å². The molecule has 1 aromatic heterocycles. The minimum absolute atomic E-state index is 0.00157. The van der Waals surface area contributed by atoms with E-state index in [9.17, 15) is 12.8 Å². The zero-order valence-corrected chi connectivity index (χ0v) is 11.2. The van der Waals surface area contributed by atoms with Crippen molar-refractivity contribution in [3.63, 3.8) is 0 Å². The highest BCUT2D eigenvalue weighted by molar-refractivity contribution is 7.90. The van der Waals surface area contributed by atoms with Gasteiger partial charge in [0, 0.05) is 18.5 Å². The average Bonchev–Trinajstić information content (AvgIpc) is 2.33. The molecule has 19 heavy (non-hydrogen) atoms. The summed E-state index contributed by atoms with van der Waals surface area (Å²) in [5.74, 6) is -0.500. The van der Waals surface area contributed by atoms with Crippen LogP contribution >= 0.6 is 0 Å². The van der Waals surface area contributed by atoms with Crippen LogP contribution in [0.2, 0.25) is 0 Å². The van der Waals surface area contributed by atoms with Gasteiger partial charge in [0.05, 0.1) is 4.90 Å². The fraction of sp³-hybridized carbons (Fsp3) is 0.154. The minimum Gasteiger partial charge on any atom is -0.436 e. The third kappa shape index (κ3) is 3.08. The molecule has 2 rings (SSSR count). The molecule has 4 nitrogen and oxygen atoms in total. The Morgan fingerprint density at radius 1 is 1.26 bits per heavy atom. The van der Waals surface area contributed by atoms with E-state index in [1.165, 1.54) is 30.5 Å². The summed E-state index contributed by atoms with van der Waals surface area (Å²) in [6.45, 7) is 1.64. The van der Waals surface area contributed by atoms with Gasteiger partial charge in [-0.2, -0.15) is 0 Å². The molecule has 2 aromatic rings. The first-order valence-corrected chi connectivity index (χ1v) is 7.36. The van der Waals surface area contributed by atoms with E-state index < -0.39 is 15.7 Å². The summed E-state index contributed by atoms with van der Waals surface area (Å²) in [6, 6.07) is 7.13. The molecule has 0 saturated carbocycles. The van der Waals surface area contributed by atoms with Crippen molar-refractivity contribution in [2.24, 2.45) is 0 Å². The van der Waals surface area contributed by atoms with Crippen LogP contribution in [0.5, 0.6) is 11.6 Å². The Balaban J connectivity index is 2.41. The first kappa shape index (κ1) is 13.5. The Morgan fingerprint density at radius 3 is 2.58 bits per heavy atom. The molecule has 0 bridgehead atoms. The number of pyridine rings is 1. The van der Waals surface area contributed by atoms with E-state index in [2.05, 4.69) is 4.98 Å². The largest absolute Gasteiger partial charge is 0.436 e. The summed E-state index contributed by atoms with van der Waals surface area (Å²) >= 11 is 0. The van der Waals surface area contributed by atoms with Gasteiger partial charge in [-0.3, -0.25) is 0 Å². The molecule has 0 aliphatic heterocycles. The van der Waals surface area contributed by atoms with Crippen molar-refractivity contribution in [1.82, 2.24) is 4.98 Å². The van der Waals surface area contributed by atoms with Gasteiger partial charge in [-0.1, -0.05) is 12.1 Å². The van der Waals surface area contributed by atoms with Gasteiger partial charge < -0.3 is 4.74 Å². The van der Waals surface area contributed by atoms with Crippen molar-refractivity contribution in [3.8, 4) is 11.6 Å². The summed E-state index contributed by atoms with van der Waals surface area (Å²) in [7, 11) is -3.37. The molecule has 0 atom stereocenters. The third-order valence-corrected chi connectivity index (χ3v) is 3.72. The topological polar surface area (TPSA) is 56.3 Å². The SMILES string of the molecule is Cc1cnc(Oc2ccccc2F)cc1S(C)(=O)=O. The molecule has 0 aliphatic rings. The second-order valence-corrected chi connectivity index (χ2v) is 6.08. The van der Waals surface area contributed by atoms with Crippen molar-refractivity contribution in [2.75, 3.05) is 6.26 Å². The quantitative estimate of drug-likeness (QED) is 0.868. The second kappa shape index (κ2) is 4.97. The fourth-order valence-corrected chi connectivity index (χ4v) is 2.54. The van der Waals surface area contributed by atoms with Gasteiger partial charge in [-0.05, 0) is 24.6 Å². The molecule has 1 aromatic carbocycles. The van der Waals surface area contributed by atoms with E-state index in [1.54, 1.807) is 13.0 Å². The Kier molecular flexibility index (Phi) is 3.53. The summed E-state index contributed by atoms with van der Waals surface area (Å²) in [4.78, 5) is 4.05. The standard InChI is InChI=1S/C13H12FNO3S/c1-9-8-15-13(7-12(9)19(2,16)17)18-11-6-4-3-5-10(11)14/h3-8H,1-2H3. The van der Waals surface area contributed by atoms with Crippen LogP contribution in [-0.4, -0.2) is 19.7 Å². The Hall–Kier alpha value is -1.95. The lowest BCUT2D eigenvalue weighted by molar-refractivity contribution is 0.425. The molecule has 0 aliphatic carbocycles. The van der Waals surface area contributed by atoms with E-state index in [1.807, 2.05) is 0 Å². The molecule has 100 valence electrons. The predicted octanol–water partition coefficient (Wildman–Crippen LogP) is 2.72. The lowest BCUT2D eigenvalue weighted by Crippen LogP contribution is -2.02. The van der Waals surface area contributed by atoms with E-state index in [0.717, 1.165) is 6.26 Å². The van der Waals surface area contributed by atoms with Gasteiger partial charge in [-0.25, -0.2) is 17.8 Å². The summed E-state index contributed by atoms with van der Waals surface area (Å²) < 4.78 is 41.8. The van der Waals surface area contributed by atoms with Gasteiger partial charge in [0.15, 0.2) is 21.4 Å². The first-order chi connectivity index (χ1) is 8.88. The van der Waals surface area contributed by atoms with Crippen molar-refractivity contribution >= 4 is 9.84 Å². The van der Waals surface area contributed by atoms with Crippen molar-refractivity contribution < 1.29 is 17.5 Å². The van der Waals surface area contributed by atoms with Crippen LogP contribution in [0.4, 0.5) is 4.39 Å². The van der Waals surface area contributed by atoms with Crippen LogP contribution in [0.15, 0.2) is 41.4 Å². The lowest BCUT2D eigenvalue weighted by atomic mass is 10.3. The monoisotopic (exact) mass is 281 g/mol. The summed E-state index contributed by atoms with van der Waals surface area (Å²) in [5, 5.41) is 0. The molecule has 0 amide bonds. The van der Waals surface area contributed by atoms with Crippen LogP contribution in [-0.2, 0) is 9.84 Å². The Labute approximate surface area is 110 Å². The van der Waals surface area contributed by atoms with Crippen molar-refractivity contribution in [1.29, 1.82) is 0 Å². The van der Waals surface area contributed by atoms with Crippen LogP contribution in [0, 0.1) is 12.7 Å². The van der Waals surface area contributed by atoms with Crippen LogP contribution in [0.1, 0.15) is 5.56 Å². The molecule has 0 unspecified atom stereocenters. The number of benzene rings is 1. The molecule has 0 saturated heterocycles. The van der Waals surface area contributed by atoms with E-state index in [4.69, 9.17) is 4.74 Å². The molecule has 0 N–H and O–H groups in total. The number of aromatic nitrogens is 1. The minimum atomic E-state index is -3.37. The second-order valence-electron chi connectivity index (χ2n) is 4.09. The molecule has 0 spiro atoms. The summed E-state index contributed by atoms with van der Waals surface area (Å²) in [6.07, 6.45) is 2.48. The normalized spacial score (nSPS) is 11.3. The number of hydrogen-bond acceptors (Lipinski definition) is 4. The molecule has 0 radical (unpaired) electrons. The average molecular weight is 281 g/mol. The molecular weight excluding hydrogens is 269 g/mol. The number of rotatable bonds is 3. The smallest absolute Gasteiger partial charge is 0.220 e. The highest BCUT2D eigenvalue weighted by atomic mass is 32.2. The number of ether oxygens (including phenoxy) is 1. The number of hydrogen-bond donors (Lipinski definition) is 0. The number of aryl methyl sites for hydroxylation is 1. The predicted molar refractivity (Wildman–Crippen MR) is 68.6 cm³/mol. The zero-order chi connectivity index (χ0) is 14.0. The number of sulfone groups is 1. The van der Waals surface area contributed by atoms with Crippen LogP contribution in [0.3, 0.4) is 0 Å². The number of nitrogens with zero attached hydrogens (tertiary/aromatic N) is 1. The van der Waals surface area contributed by atoms with E-state index >= 15 is 0 Å². The number of para-hydroxylation sites is 1. The van der Waals surface area contributed by atoms with Crippen LogP contribution in [0.25, 0.3) is 0 Å². The van der Waals surface area contributed by atoms with Gasteiger partial charge in [0.2, 0.25) is 5.88 Å². The lowest BCUT2D eigenvalue weighted by Gasteiger charge is -2.08. The Morgan fingerprint density at radius 2 is 1.95 bits per heavy atom. The van der Waals surface area contributed by atoms with Gasteiger partial charge >= 0.3 is 0 Å². The Bertz CT molecular complexity index is 714. The molecule has 1 heterocycles. The van der Waals surface area contributed by atoms with Gasteiger partial charge in [0.1, 0.15) is 0 Å². The van der Waals surface area contributed by atoms with Crippen molar-refractivity contribution in [3.05, 3.63) is 47.9 Å². The molecular formula is C13H12FNO3S. The zero-order valence-electron chi connectivity index (χ0n) is 10.4. The fourth-order valence-electron chi connectivity index (χ4n) is 1.58. The first-order valence-electron chi connectivity index (χ1n) is 5.47. The molecule has 6 heteroatoms. The third-order valence-electron chi connectivity index (χ3n) is 2.48.